The van der Waals surface area contributed by atoms with Crippen molar-refractivity contribution in [3.05, 3.63) is 76.8 Å². The summed E-state index contributed by atoms with van der Waals surface area (Å²) in [6.07, 6.45) is 3.03. The lowest BCUT2D eigenvalue weighted by atomic mass is 10.1. The molecule has 3 aromatic rings. The Kier molecular flexibility index (Phi) is 7.64. The molecular weight excluding hydrogens is 454 g/mol. The van der Waals surface area contributed by atoms with Crippen LogP contribution in [0.2, 0.25) is 10.0 Å². The zero-order valence-electron chi connectivity index (χ0n) is 15.3. The maximum Gasteiger partial charge on any atom is 0.455 e. The second-order valence-corrected chi connectivity index (χ2v) is 9.29. The molecule has 0 aliphatic carbocycles. The van der Waals surface area contributed by atoms with Gasteiger partial charge in [0.25, 0.3) is 0 Å². The number of benzene rings is 2. The highest BCUT2D eigenvalue weighted by Gasteiger charge is 2.25. The molecule has 3 rings (SSSR count). The maximum atomic E-state index is 6.19. The molecule has 0 radical (unpaired) electrons. The molecule has 1 aromatic heterocycles. The van der Waals surface area contributed by atoms with Crippen molar-refractivity contribution in [3.63, 3.8) is 0 Å². The van der Waals surface area contributed by atoms with E-state index >= 15 is 0 Å². The van der Waals surface area contributed by atoms with Crippen molar-refractivity contribution in [1.29, 1.82) is 0 Å². The van der Waals surface area contributed by atoms with Crippen molar-refractivity contribution in [1.82, 2.24) is 14.8 Å². The van der Waals surface area contributed by atoms with Crippen LogP contribution >= 0.6 is 29.9 Å². The quantitative estimate of drug-likeness (QED) is 0.238. The lowest BCUT2D eigenvalue weighted by Gasteiger charge is -2.20. The van der Waals surface area contributed by atoms with E-state index in [1.165, 1.54) is 6.33 Å². The second kappa shape index (κ2) is 10.2. The first kappa shape index (κ1) is 21.7. The summed E-state index contributed by atoms with van der Waals surface area (Å²) in [5.74, 6) is 0.306. The summed E-state index contributed by atoms with van der Waals surface area (Å²) in [5.41, 5.74) is 1.42. The molecule has 0 saturated heterocycles. The Bertz CT molecular complexity index is 1020. The average molecular weight is 471 g/mol. The van der Waals surface area contributed by atoms with E-state index in [0.717, 1.165) is 5.56 Å². The Labute approximate surface area is 183 Å². The molecule has 0 fully saturated rings. The standard InChI is InChI=1S/C18H17Cl2N4O3PS/c1-2-25-28(29,26-18-9-8-15(19)10-16(18)20)27-23-17(11-24-13-21-12-22-24)14-6-4-3-5-7-14/h3-10,12-13H,2,11H2,1H3/b23-17+. The summed E-state index contributed by atoms with van der Waals surface area (Å²) in [5, 5.41) is 9.14. The molecule has 1 atom stereocenters. The minimum Gasteiger partial charge on any atom is -0.413 e. The average Bonchev–Trinajstić information content (AvgIpc) is 3.22. The largest absolute Gasteiger partial charge is 0.455 e. The number of rotatable bonds is 9. The molecule has 152 valence electrons. The number of hydrogen-bond acceptors (Lipinski definition) is 7. The summed E-state index contributed by atoms with van der Waals surface area (Å²) in [7, 11) is 0. The van der Waals surface area contributed by atoms with Gasteiger partial charge in [-0.1, -0.05) is 58.7 Å². The van der Waals surface area contributed by atoms with Crippen LogP contribution in [-0.4, -0.2) is 27.1 Å². The molecule has 0 N–H and O–H groups in total. The van der Waals surface area contributed by atoms with Gasteiger partial charge in [-0.15, -0.1) is 0 Å². The van der Waals surface area contributed by atoms with Gasteiger partial charge in [0, 0.05) is 22.4 Å². The minimum atomic E-state index is -3.27. The van der Waals surface area contributed by atoms with E-state index in [9.17, 15) is 0 Å². The van der Waals surface area contributed by atoms with Crippen molar-refractivity contribution in [2.75, 3.05) is 6.61 Å². The molecule has 29 heavy (non-hydrogen) atoms. The highest BCUT2D eigenvalue weighted by molar-refractivity contribution is 8.07. The van der Waals surface area contributed by atoms with Crippen LogP contribution in [0.1, 0.15) is 12.5 Å². The fourth-order valence-corrected chi connectivity index (χ4v) is 4.47. The van der Waals surface area contributed by atoms with Crippen LogP contribution in [0.5, 0.6) is 5.75 Å². The van der Waals surface area contributed by atoms with Gasteiger partial charge in [-0.3, -0.25) is 4.52 Å². The van der Waals surface area contributed by atoms with Gasteiger partial charge in [0.05, 0.1) is 18.2 Å². The molecule has 11 heteroatoms. The fraction of sp³-hybridized carbons (Fsp3) is 0.167. The molecule has 0 saturated carbocycles. The van der Waals surface area contributed by atoms with Crippen LogP contribution in [0, 0.1) is 0 Å². The highest BCUT2D eigenvalue weighted by Crippen LogP contribution is 2.51. The van der Waals surface area contributed by atoms with Crippen molar-refractivity contribution in [2.24, 2.45) is 5.16 Å². The molecule has 0 aliphatic rings. The van der Waals surface area contributed by atoms with Crippen molar-refractivity contribution in [2.45, 2.75) is 13.5 Å². The number of hydrogen-bond donors (Lipinski definition) is 0. The molecular formula is C18H17Cl2N4O3PS. The molecule has 0 bridgehead atoms. The van der Waals surface area contributed by atoms with Crippen molar-refractivity contribution < 1.29 is 13.7 Å². The van der Waals surface area contributed by atoms with Crippen LogP contribution in [0.15, 0.2) is 66.3 Å². The van der Waals surface area contributed by atoms with Crippen LogP contribution in [0.3, 0.4) is 0 Å². The Morgan fingerprint density at radius 1 is 1.21 bits per heavy atom. The molecule has 0 amide bonds. The third kappa shape index (κ3) is 6.26. The van der Waals surface area contributed by atoms with Crippen LogP contribution in [0.4, 0.5) is 0 Å². The predicted octanol–water partition coefficient (Wildman–Crippen LogP) is 5.35. The topological polar surface area (TPSA) is 70.8 Å². The number of oxime groups is 1. The summed E-state index contributed by atoms with van der Waals surface area (Å²) >= 11 is 17.6. The third-order valence-corrected chi connectivity index (χ3v) is 6.07. The first-order valence-corrected chi connectivity index (χ1v) is 11.8. The monoisotopic (exact) mass is 470 g/mol. The molecule has 2 aromatic carbocycles. The van der Waals surface area contributed by atoms with E-state index in [4.69, 9.17) is 48.7 Å². The van der Waals surface area contributed by atoms with Gasteiger partial charge in [-0.25, -0.2) is 9.67 Å². The Morgan fingerprint density at radius 2 is 2.00 bits per heavy atom. The zero-order chi connectivity index (χ0) is 20.7. The number of aromatic nitrogens is 3. The lowest BCUT2D eigenvalue weighted by Crippen LogP contribution is -2.13. The highest BCUT2D eigenvalue weighted by atomic mass is 35.5. The van der Waals surface area contributed by atoms with Gasteiger partial charge in [-0.05, 0) is 25.1 Å². The van der Waals surface area contributed by atoms with Crippen molar-refractivity contribution >= 4 is 47.4 Å². The van der Waals surface area contributed by atoms with E-state index in [1.807, 2.05) is 30.3 Å². The summed E-state index contributed by atoms with van der Waals surface area (Å²) in [6, 6.07) is 14.3. The second-order valence-electron chi connectivity index (χ2n) is 5.61. The molecule has 1 heterocycles. The summed E-state index contributed by atoms with van der Waals surface area (Å²) in [4.78, 5) is 3.95. The first-order valence-electron chi connectivity index (χ1n) is 8.52. The molecule has 7 nitrogen and oxygen atoms in total. The van der Waals surface area contributed by atoms with Crippen LogP contribution in [0.25, 0.3) is 0 Å². The van der Waals surface area contributed by atoms with Gasteiger partial charge in [-0.2, -0.15) is 5.10 Å². The molecule has 0 aliphatic heterocycles. The van der Waals surface area contributed by atoms with Gasteiger partial charge >= 0.3 is 6.72 Å². The Balaban J connectivity index is 1.87. The van der Waals surface area contributed by atoms with E-state index < -0.39 is 6.72 Å². The normalized spacial score (nSPS) is 13.7. The number of halogens is 2. The van der Waals surface area contributed by atoms with E-state index in [1.54, 1.807) is 36.1 Å². The van der Waals surface area contributed by atoms with Gasteiger partial charge in [0.2, 0.25) is 0 Å². The van der Waals surface area contributed by atoms with Gasteiger partial charge < -0.3 is 9.15 Å². The van der Waals surface area contributed by atoms with E-state index in [-0.39, 0.29) is 6.61 Å². The SMILES string of the molecule is CCOP(=S)(O/N=C(\Cn1cncn1)c1ccccc1)Oc1ccc(Cl)cc1Cl. The lowest BCUT2D eigenvalue weighted by molar-refractivity contribution is 0.216. The Morgan fingerprint density at radius 3 is 2.66 bits per heavy atom. The zero-order valence-corrected chi connectivity index (χ0v) is 18.5. The summed E-state index contributed by atoms with van der Waals surface area (Å²) in [6.45, 7) is -0.882. The third-order valence-electron chi connectivity index (χ3n) is 3.53. The van der Waals surface area contributed by atoms with E-state index in [0.29, 0.717) is 28.1 Å². The van der Waals surface area contributed by atoms with Crippen LogP contribution in [-0.2, 0) is 27.5 Å². The maximum absolute atomic E-state index is 6.19. The summed E-state index contributed by atoms with van der Waals surface area (Å²) < 4.78 is 18.6. The van der Waals surface area contributed by atoms with Gasteiger partial charge in [0.15, 0.2) is 0 Å². The van der Waals surface area contributed by atoms with Gasteiger partial charge in [0.1, 0.15) is 24.1 Å². The molecule has 0 spiro atoms. The minimum absolute atomic E-state index is 0.280. The fourth-order valence-electron chi connectivity index (χ4n) is 2.26. The van der Waals surface area contributed by atoms with Crippen molar-refractivity contribution in [3.8, 4) is 5.75 Å². The Hall–Kier alpha value is -1.96. The van der Waals surface area contributed by atoms with E-state index in [2.05, 4.69) is 15.2 Å². The predicted molar refractivity (Wildman–Crippen MR) is 117 cm³/mol. The van der Waals surface area contributed by atoms with Crippen LogP contribution < -0.4 is 4.52 Å². The smallest absolute Gasteiger partial charge is 0.413 e. The molecule has 1 unspecified atom stereocenters. The number of nitrogens with zero attached hydrogens (tertiary/aromatic N) is 4. The first-order chi connectivity index (χ1) is 14.0.